The smallest absolute Gasteiger partial charge is 0.326 e. The van der Waals surface area contributed by atoms with E-state index in [1.807, 2.05) is 6.92 Å². The maximum atomic E-state index is 13.5. The second-order valence-electron chi connectivity index (χ2n) is 4.49. The number of benzene rings is 1. The number of hydrogen-bond donors (Lipinski definition) is 2. The molecule has 0 unspecified atom stereocenters. The molecule has 0 fully saturated rings. The Kier molecular flexibility index (Phi) is 5.48. The molecule has 0 saturated heterocycles. The van der Waals surface area contributed by atoms with Crippen LogP contribution >= 0.6 is 0 Å². The number of unbranched alkanes of at least 4 members (excludes halogenated alkanes) is 1. The van der Waals surface area contributed by atoms with Gasteiger partial charge in [-0.25, -0.2) is 9.18 Å². The number of aliphatic carboxylic acids is 1. The molecule has 1 amide bonds. The number of rotatable bonds is 6. The summed E-state index contributed by atoms with van der Waals surface area (Å²) in [6, 6.07) is 3.18. The van der Waals surface area contributed by atoms with Crippen LogP contribution in [0, 0.1) is 12.7 Å². The molecule has 1 aromatic carbocycles. The zero-order valence-corrected chi connectivity index (χ0v) is 11.1. The molecule has 0 aliphatic rings. The lowest BCUT2D eigenvalue weighted by molar-refractivity contribution is -0.139. The van der Waals surface area contributed by atoms with Crippen molar-refractivity contribution in [3.05, 3.63) is 35.1 Å². The highest BCUT2D eigenvalue weighted by Gasteiger charge is 2.21. The molecule has 19 heavy (non-hydrogen) atoms. The third-order valence-electron chi connectivity index (χ3n) is 2.82. The van der Waals surface area contributed by atoms with Crippen LogP contribution in [0.25, 0.3) is 0 Å². The van der Waals surface area contributed by atoms with Crippen LogP contribution in [0.1, 0.15) is 42.1 Å². The Bertz CT molecular complexity index is 474. The zero-order valence-electron chi connectivity index (χ0n) is 11.1. The molecule has 5 heteroatoms. The second kappa shape index (κ2) is 6.87. The van der Waals surface area contributed by atoms with Crippen molar-refractivity contribution in [3.63, 3.8) is 0 Å². The zero-order chi connectivity index (χ0) is 14.4. The predicted octanol–water partition coefficient (Wildman–Crippen LogP) is 2.51. The summed E-state index contributed by atoms with van der Waals surface area (Å²) in [7, 11) is 0. The maximum absolute atomic E-state index is 13.5. The Morgan fingerprint density at radius 3 is 2.68 bits per heavy atom. The summed E-state index contributed by atoms with van der Waals surface area (Å²) in [5.41, 5.74) is 0.620. The lowest BCUT2D eigenvalue weighted by atomic mass is 10.1. The van der Waals surface area contributed by atoms with E-state index in [9.17, 15) is 14.0 Å². The first-order chi connectivity index (χ1) is 8.95. The van der Waals surface area contributed by atoms with Gasteiger partial charge in [0, 0.05) is 0 Å². The van der Waals surface area contributed by atoms with E-state index in [0.29, 0.717) is 12.8 Å². The van der Waals surface area contributed by atoms with Crippen molar-refractivity contribution < 1.29 is 19.1 Å². The van der Waals surface area contributed by atoms with Crippen LogP contribution in [0.2, 0.25) is 0 Å². The van der Waals surface area contributed by atoms with Gasteiger partial charge in [0.1, 0.15) is 11.9 Å². The highest BCUT2D eigenvalue weighted by Crippen LogP contribution is 2.11. The predicted molar refractivity (Wildman–Crippen MR) is 69.6 cm³/mol. The summed E-state index contributed by atoms with van der Waals surface area (Å²) in [6.45, 7) is 3.67. The van der Waals surface area contributed by atoms with Crippen LogP contribution in [0.15, 0.2) is 18.2 Å². The molecule has 1 rings (SSSR count). The average molecular weight is 267 g/mol. The fraction of sp³-hybridized carbons (Fsp3) is 0.429. The third kappa shape index (κ3) is 4.35. The first-order valence-electron chi connectivity index (χ1n) is 6.25. The van der Waals surface area contributed by atoms with Crippen molar-refractivity contribution in [2.45, 2.75) is 39.2 Å². The molecule has 4 nitrogen and oxygen atoms in total. The third-order valence-corrected chi connectivity index (χ3v) is 2.82. The van der Waals surface area contributed by atoms with Crippen LogP contribution in [-0.4, -0.2) is 23.0 Å². The number of aryl methyl sites for hydroxylation is 1. The first-order valence-corrected chi connectivity index (χ1v) is 6.25. The second-order valence-corrected chi connectivity index (χ2v) is 4.49. The minimum absolute atomic E-state index is 0.122. The van der Waals surface area contributed by atoms with Crippen molar-refractivity contribution in [2.24, 2.45) is 0 Å². The Morgan fingerprint density at radius 2 is 2.11 bits per heavy atom. The van der Waals surface area contributed by atoms with E-state index in [1.165, 1.54) is 12.1 Å². The Morgan fingerprint density at radius 1 is 1.42 bits per heavy atom. The number of hydrogen-bond acceptors (Lipinski definition) is 2. The van der Waals surface area contributed by atoms with Gasteiger partial charge in [-0.1, -0.05) is 31.4 Å². The van der Waals surface area contributed by atoms with Crippen molar-refractivity contribution in [1.29, 1.82) is 0 Å². The number of carboxylic acid groups (broad SMARTS) is 1. The highest BCUT2D eigenvalue weighted by molar-refractivity contribution is 5.96. The number of amides is 1. The number of halogens is 1. The highest BCUT2D eigenvalue weighted by atomic mass is 19.1. The molecular formula is C14H18FNO3. The topological polar surface area (TPSA) is 66.4 Å². The standard InChI is InChI=1S/C14H18FNO3/c1-3-4-5-12(14(18)19)16-13(17)10-8-9(2)6-7-11(10)15/h6-8,12H,3-5H2,1-2H3,(H,16,17)(H,18,19)/t12-/m0/s1. The van der Waals surface area contributed by atoms with Crippen molar-refractivity contribution in [1.82, 2.24) is 5.32 Å². The molecule has 1 aromatic rings. The molecule has 0 heterocycles. The van der Waals surface area contributed by atoms with Gasteiger partial charge in [0.05, 0.1) is 5.56 Å². The number of carbonyl (C=O) groups excluding carboxylic acids is 1. The van der Waals surface area contributed by atoms with E-state index >= 15 is 0 Å². The normalized spacial score (nSPS) is 11.9. The number of nitrogens with one attached hydrogen (secondary N) is 1. The molecule has 0 aliphatic carbocycles. The fourth-order valence-corrected chi connectivity index (χ4v) is 1.71. The van der Waals surface area contributed by atoms with Crippen molar-refractivity contribution in [2.75, 3.05) is 0 Å². The van der Waals surface area contributed by atoms with Gasteiger partial charge in [0.2, 0.25) is 0 Å². The molecule has 0 radical (unpaired) electrons. The van der Waals surface area contributed by atoms with Crippen LogP contribution < -0.4 is 5.32 Å². The summed E-state index contributed by atoms with van der Waals surface area (Å²) in [6.07, 6.45) is 1.86. The van der Waals surface area contributed by atoms with Gasteiger partial charge in [0.25, 0.3) is 5.91 Å². The summed E-state index contributed by atoms with van der Waals surface area (Å²) >= 11 is 0. The molecule has 0 bridgehead atoms. The van der Waals surface area contributed by atoms with Gasteiger partial charge in [0.15, 0.2) is 0 Å². The Labute approximate surface area is 111 Å². The number of carboxylic acids is 1. The molecule has 0 aliphatic heterocycles. The van der Waals surface area contributed by atoms with E-state index in [0.717, 1.165) is 12.0 Å². The average Bonchev–Trinajstić information content (AvgIpc) is 2.36. The largest absolute Gasteiger partial charge is 0.480 e. The Balaban J connectivity index is 2.81. The van der Waals surface area contributed by atoms with E-state index in [1.54, 1.807) is 13.0 Å². The SMILES string of the molecule is CCCC[C@H](NC(=O)c1cc(C)ccc1F)C(=O)O. The van der Waals surface area contributed by atoms with Crippen LogP contribution in [0.3, 0.4) is 0 Å². The quantitative estimate of drug-likeness (QED) is 0.832. The van der Waals surface area contributed by atoms with Gasteiger partial charge in [-0.15, -0.1) is 0 Å². The maximum Gasteiger partial charge on any atom is 0.326 e. The fourth-order valence-electron chi connectivity index (χ4n) is 1.71. The molecule has 1 atom stereocenters. The van der Waals surface area contributed by atoms with Crippen molar-refractivity contribution in [3.8, 4) is 0 Å². The minimum atomic E-state index is -1.10. The van der Waals surface area contributed by atoms with Gasteiger partial charge in [-0.3, -0.25) is 4.79 Å². The van der Waals surface area contributed by atoms with Gasteiger partial charge >= 0.3 is 5.97 Å². The van der Waals surface area contributed by atoms with E-state index < -0.39 is 23.7 Å². The first kappa shape index (κ1) is 15.1. The van der Waals surface area contributed by atoms with Crippen LogP contribution in [0.5, 0.6) is 0 Å². The minimum Gasteiger partial charge on any atom is -0.480 e. The van der Waals surface area contributed by atoms with Crippen molar-refractivity contribution >= 4 is 11.9 Å². The summed E-state index contributed by atoms with van der Waals surface area (Å²) < 4.78 is 13.5. The van der Waals surface area contributed by atoms with Gasteiger partial charge in [-0.05, 0) is 25.5 Å². The number of carbonyl (C=O) groups is 2. The van der Waals surface area contributed by atoms with Crippen LogP contribution in [0.4, 0.5) is 4.39 Å². The van der Waals surface area contributed by atoms with Gasteiger partial charge < -0.3 is 10.4 Å². The van der Waals surface area contributed by atoms with E-state index in [-0.39, 0.29) is 5.56 Å². The molecule has 0 spiro atoms. The van der Waals surface area contributed by atoms with Crippen LogP contribution in [-0.2, 0) is 4.79 Å². The summed E-state index contributed by atoms with van der Waals surface area (Å²) in [5, 5.41) is 11.4. The monoisotopic (exact) mass is 267 g/mol. The molecule has 0 aromatic heterocycles. The van der Waals surface area contributed by atoms with E-state index in [4.69, 9.17) is 5.11 Å². The molecule has 104 valence electrons. The van der Waals surface area contributed by atoms with E-state index in [2.05, 4.69) is 5.32 Å². The van der Waals surface area contributed by atoms with Gasteiger partial charge in [-0.2, -0.15) is 0 Å². The summed E-state index contributed by atoms with van der Waals surface area (Å²) in [5.74, 6) is -2.44. The Hall–Kier alpha value is -1.91. The lowest BCUT2D eigenvalue weighted by Gasteiger charge is -2.14. The molecule has 2 N–H and O–H groups in total. The molecule has 0 saturated carbocycles. The molecular weight excluding hydrogens is 249 g/mol. The lowest BCUT2D eigenvalue weighted by Crippen LogP contribution is -2.41. The summed E-state index contributed by atoms with van der Waals surface area (Å²) in [4.78, 5) is 22.9.